The number of aromatic amines is 1. The van der Waals surface area contributed by atoms with Crippen molar-refractivity contribution < 1.29 is 19.9 Å². The van der Waals surface area contributed by atoms with E-state index < -0.39 is 23.2 Å². The maximum absolute atomic E-state index is 10.7. The van der Waals surface area contributed by atoms with Crippen LogP contribution >= 0.6 is 0 Å². The second-order valence-electron chi connectivity index (χ2n) is 3.68. The van der Waals surface area contributed by atoms with Crippen molar-refractivity contribution in [3.05, 3.63) is 28.1 Å². The topological polar surface area (TPSA) is 109 Å². The molecule has 1 saturated heterocycles. The van der Waals surface area contributed by atoms with E-state index in [-0.39, 0.29) is 18.7 Å². The van der Waals surface area contributed by atoms with Crippen LogP contribution in [0.25, 0.3) is 0 Å². The maximum Gasteiger partial charge on any atom is 0.292 e. The Balaban J connectivity index is 2.20. The summed E-state index contributed by atoms with van der Waals surface area (Å²) in [5.74, 6) is 0. The van der Waals surface area contributed by atoms with Crippen molar-refractivity contribution in [3.63, 3.8) is 0 Å². The minimum Gasteiger partial charge on any atom is -0.394 e. The average Bonchev–Trinajstić information content (AvgIpc) is 2.82. The molecule has 0 aromatic carbocycles. The zero-order valence-corrected chi connectivity index (χ0v) is 8.37. The van der Waals surface area contributed by atoms with Crippen molar-refractivity contribution in [2.24, 2.45) is 0 Å². The van der Waals surface area contributed by atoms with Crippen molar-refractivity contribution in [1.82, 2.24) is 4.98 Å². The Morgan fingerprint density at radius 1 is 1.69 bits per heavy atom. The highest BCUT2D eigenvalue weighted by atomic mass is 16.6. The minimum atomic E-state index is -0.794. The largest absolute Gasteiger partial charge is 0.394 e. The van der Waals surface area contributed by atoms with Gasteiger partial charge in [0.05, 0.1) is 17.6 Å². The number of hydrogen-bond acceptors (Lipinski definition) is 5. The molecule has 88 valence electrons. The van der Waals surface area contributed by atoms with Gasteiger partial charge in [0.25, 0.3) is 5.69 Å². The number of nitrogens with one attached hydrogen (secondary N) is 1. The van der Waals surface area contributed by atoms with Crippen molar-refractivity contribution in [2.45, 2.75) is 24.7 Å². The van der Waals surface area contributed by atoms with E-state index in [1.807, 2.05) is 0 Å². The standard InChI is InChI=1S/C9H12N2O5/c12-4-8-6(13)3-7(16-8)9-5(11(14)15)1-2-10-9/h1-2,6-8,10,12-13H,3-4H2/t6-,7+,8+/m0/s1. The Hall–Kier alpha value is -1.44. The van der Waals surface area contributed by atoms with Crippen molar-refractivity contribution in [1.29, 1.82) is 0 Å². The van der Waals surface area contributed by atoms with E-state index in [0.29, 0.717) is 5.69 Å². The molecule has 1 aromatic heterocycles. The number of aromatic nitrogens is 1. The fourth-order valence-electron chi connectivity index (χ4n) is 1.87. The van der Waals surface area contributed by atoms with Gasteiger partial charge >= 0.3 is 0 Å². The molecule has 2 rings (SSSR count). The summed E-state index contributed by atoms with van der Waals surface area (Å²) in [5, 5.41) is 29.1. The molecule has 7 nitrogen and oxygen atoms in total. The van der Waals surface area contributed by atoms with Crippen LogP contribution in [-0.2, 0) is 4.74 Å². The number of nitro groups is 1. The van der Waals surface area contributed by atoms with Crippen LogP contribution in [0, 0.1) is 10.1 Å². The fourth-order valence-corrected chi connectivity index (χ4v) is 1.87. The van der Waals surface area contributed by atoms with E-state index >= 15 is 0 Å². The van der Waals surface area contributed by atoms with E-state index in [1.54, 1.807) is 0 Å². The van der Waals surface area contributed by atoms with E-state index in [0.717, 1.165) is 0 Å². The second-order valence-corrected chi connectivity index (χ2v) is 3.68. The van der Waals surface area contributed by atoms with Crippen LogP contribution in [0.3, 0.4) is 0 Å². The SMILES string of the molecule is O=[N+]([O-])c1cc[nH]c1[C@H]1C[C@H](O)[C@@H](CO)O1. The van der Waals surface area contributed by atoms with E-state index in [2.05, 4.69) is 4.98 Å². The van der Waals surface area contributed by atoms with E-state index in [1.165, 1.54) is 12.3 Å². The lowest BCUT2D eigenvalue weighted by atomic mass is 10.1. The smallest absolute Gasteiger partial charge is 0.292 e. The summed E-state index contributed by atoms with van der Waals surface area (Å²) in [7, 11) is 0. The summed E-state index contributed by atoms with van der Waals surface area (Å²) in [6.45, 7) is -0.299. The molecule has 1 aromatic rings. The molecule has 0 amide bonds. The third kappa shape index (κ3) is 1.80. The lowest BCUT2D eigenvalue weighted by molar-refractivity contribution is -0.386. The van der Waals surface area contributed by atoms with Gasteiger partial charge in [-0.15, -0.1) is 0 Å². The monoisotopic (exact) mass is 228 g/mol. The molecule has 0 aliphatic carbocycles. The summed E-state index contributed by atoms with van der Waals surface area (Å²) in [6.07, 6.45) is -0.337. The fraction of sp³-hybridized carbons (Fsp3) is 0.556. The van der Waals surface area contributed by atoms with Crippen LogP contribution < -0.4 is 0 Å². The van der Waals surface area contributed by atoms with Crippen LogP contribution in [0.5, 0.6) is 0 Å². The van der Waals surface area contributed by atoms with Crippen LogP contribution in [0.2, 0.25) is 0 Å². The Morgan fingerprint density at radius 2 is 2.44 bits per heavy atom. The molecule has 1 fully saturated rings. The van der Waals surface area contributed by atoms with Crippen molar-refractivity contribution in [3.8, 4) is 0 Å². The lowest BCUT2D eigenvalue weighted by Gasteiger charge is -2.10. The number of rotatable bonds is 3. The summed E-state index contributed by atoms with van der Waals surface area (Å²) >= 11 is 0. The first-order valence-electron chi connectivity index (χ1n) is 4.89. The quantitative estimate of drug-likeness (QED) is 0.502. The Labute approximate surface area is 90.8 Å². The molecule has 1 aliphatic heterocycles. The van der Waals surface area contributed by atoms with Crippen LogP contribution in [0.15, 0.2) is 12.3 Å². The van der Waals surface area contributed by atoms with Gasteiger partial charge in [-0.1, -0.05) is 0 Å². The summed E-state index contributed by atoms with van der Waals surface area (Å²) in [5.41, 5.74) is 0.274. The molecule has 7 heteroatoms. The Morgan fingerprint density at radius 3 is 3.00 bits per heavy atom. The van der Waals surface area contributed by atoms with Gasteiger partial charge in [0.15, 0.2) is 0 Å². The van der Waals surface area contributed by atoms with Gasteiger partial charge in [-0.05, 0) is 0 Å². The molecule has 2 heterocycles. The van der Waals surface area contributed by atoms with Gasteiger partial charge in [-0.25, -0.2) is 0 Å². The van der Waals surface area contributed by atoms with Gasteiger partial charge in [-0.3, -0.25) is 10.1 Å². The second kappa shape index (κ2) is 4.20. The molecule has 3 N–H and O–H groups in total. The molecule has 1 aliphatic rings. The first-order chi connectivity index (χ1) is 7.63. The van der Waals surface area contributed by atoms with Crippen LogP contribution in [0.1, 0.15) is 18.2 Å². The molecule has 0 spiro atoms. The highest BCUT2D eigenvalue weighted by Gasteiger charge is 2.37. The first-order valence-corrected chi connectivity index (χ1v) is 4.89. The number of H-pyrrole nitrogens is 1. The molecule has 3 atom stereocenters. The molecule has 0 bridgehead atoms. The van der Waals surface area contributed by atoms with Crippen molar-refractivity contribution in [2.75, 3.05) is 6.61 Å². The van der Waals surface area contributed by atoms with Gasteiger partial charge in [0, 0.05) is 18.7 Å². The molecular weight excluding hydrogens is 216 g/mol. The average molecular weight is 228 g/mol. The van der Waals surface area contributed by atoms with Crippen LogP contribution in [-0.4, -0.2) is 38.9 Å². The number of aliphatic hydroxyl groups is 2. The molecular formula is C9H12N2O5. The summed E-state index contributed by atoms with van der Waals surface area (Å²) in [6, 6.07) is 1.34. The van der Waals surface area contributed by atoms with E-state index in [4.69, 9.17) is 9.84 Å². The molecule has 16 heavy (non-hydrogen) atoms. The van der Waals surface area contributed by atoms with Gasteiger partial charge < -0.3 is 19.9 Å². The predicted octanol–water partition coefficient (Wildman–Crippen LogP) is 0.106. The van der Waals surface area contributed by atoms with Crippen molar-refractivity contribution >= 4 is 5.69 Å². The minimum absolute atomic E-state index is 0.0595. The molecule has 0 radical (unpaired) electrons. The number of aliphatic hydroxyl groups excluding tert-OH is 2. The zero-order chi connectivity index (χ0) is 11.7. The third-order valence-electron chi connectivity index (χ3n) is 2.68. The van der Waals surface area contributed by atoms with Gasteiger partial charge in [0.2, 0.25) is 0 Å². The number of ether oxygens (including phenoxy) is 1. The zero-order valence-electron chi connectivity index (χ0n) is 8.37. The number of nitrogens with zero attached hydrogens (tertiary/aromatic N) is 1. The number of hydrogen-bond donors (Lipinski definition) is 3. The molecule has 0 unspecified atom stereocenters. The molecule has 0 saturated carbocycles. The van der Waals surface area contributed by atoms with Gasteiger partial charge in [0.1, 0.15) is 17.9 Å². The maximum atomic E-state index is 10.7. The Kier molecular flexibility index (Phi) is 2.90. The van der Waals surface area contributed by atoms with E-state index in [9.17, 15) is 15.2 Å². The predicted molar refractivity (Wildman–Crippen MR) is 52.8 cm³/mol. The third-order valence-corrected chi connectivity index (χ3v) is 2.68. The van der Waals surface area contributed by atoms with Crippen LogP contribution in [0.4, 0.5) is 5.69 Å². The normalized spacial score (nSPS) is 29.5. The van der Waals surface area contributed by atoms with Gasteiger partial charge in [-0.2, -0.15) is 0 Å². The Bertz CT molecular complexity index is 391. The highest BCUT2D eigenvalue weighted by Crippen LogP contribution is 2.36. The highest BCUT2D eigenvalue weighted by molar-refractivity contribution is 5.37. The summed E-state index contributed by atoms with van der Waals surface area (Å²) < 4.78 is 5.32. The lowest BCUT2D eigenvalue weighted by Crippen LogP contribution is -2.24. The summed E-state index contributed by atoms with van der Waals surface area (Å²) in [4.78, 5) is 12.9. The first kappa shape index (κ1) is 11.1.